The number of para-hydroxylation sites is 1. The van der Waals surface area contributed by atoms with Crippen LogP contribution in [0.15, 0.2) is 34.1 Å². The summed E-state index contributed by atoms with van der Waals surface area (Å²) >= 11 is 3.26. The third-order valence-corrected chi connectivity index (χ3v) is 11.0. The van der Waals surface area contributed by atoms with Crippen molar-refractivity contribution in [1.29, 1.82) is 0 Å². The molecular formula is C25H30N2O3S2. The first-order valence-corrected chi connectivity index (χ1v) is 13.7. The summed E-state index contributed by atoms with van der Waals surface area (Å²) in [6.07, 6.45) is 7.24. The van der Waals surface area contributed by atoms with Crippen molar-refractivity contribution in [3.05, 3.63) is 44.4 Å². The number of ether oxygens (including phenoxy) is 1. The number of fused-ring (bicyclic) bond motifs is 6. The van der Waals surface area contributed by atoms with Crippen molar-refractivity contribution in [3.63, 3.8) is 0 Å². The molecule has 0 N–H and O–H groups in total. The molecule has 5 nitrogen and oxygen atoms in total. The highest BCUT2D eigenvalue weighted by molar-refractivity contribution is 8.00. The number of methoxy groups -OCH3 is 1. The maximum atomic E-state index is 13.2. The van der Waals surface area contributed by atoms with E-state index in [2.05, 4.69) is 12.1 Å². The third-order valence-electron chi connectivity index (χ3n) is 8.17. The summed E-state index contributed by atoms with van der Waals surface area (Å²) in [7, 11) is 1.74. The van der Waals surface area contributed by atoms with Crippen LogP contribution < -0.4 is 9.61 Å². The monoisotopic (exact) mass is 470 g/mol. The van der Waals surface area contributed by atoms with Crippen molar-refractivity contribution >= 4 is 29.0 Å². The molecule has 1 aromatic carbocycles. The minimum absolute atomic E-state index is 0.0140. The van der Waals surface area contributed by atoms with Gasteiger partial charge in [0.2, 0.25) is 5.91 Å². The number of nitrogens with zero attached hydrogens (tertiary/aromatic N) is 2. The molecule has 0 spiro atoms. The number of piperidine rings is 1. The van der Waals surface area contributed by atoms with Crippen molar-refractivity contribution in [2.24, 2.45) is 17.8 Å². The molecular weight excluding hydrogens is 440 g/mol. The van der Waals surface area contributed by atoms with Gasteiger partial charge in [-0.15, -0.1) is 11.8 Å². The summed E-state index contributed by atoms with van der Waals surface area (Å²) in [6.45, 7) is 1.83. The molecule has 2 aliphatic carbocycles. The highest BCUT2D eigenvalue weighted by Crippen LogP contribution is 2.64. The van der Waals surface area contributed by atoms with Crippen molar-refractivity contribution in [2.45, 2.75) is 61.3 Å². The third kappa shape index (κ3) is 3.26. The predicted octanol–water partition coefficient (Wildman–Crippen LogP) is 4.58. The number of carbonyl (C=O) groups excluding carboxylic acids is 1. The summed E-state index contributed by atoms with van der Waals surface area (Å²) in [5.41, 5.74) is 1.20. The molecule has 1 aromatic heterocycles. The molecule has 2 aromatic rings. The molecule has 7 heteroatoms. The smallest absolute Gasteiger partial charge is 0.308 e. The predicted molar refractivity (Wildman–Crippen MR) is 128 cm³/mol. The van der Waals surface area contributed by atoms with Gasteiger partial charge in [0, 0.05) is 34.7 Å². The topological polar surface area (TPSA) is 51.5 Å². The lowest BCUT2D eigenvalue weighted by Crippen LogP contribution is -2.39. The second kappa shape index (κ2) is 8.24. The summed E-state index contributed by atoms with van der Waals surface area (Å²) in [5, 5.41) is 1.58. The Labute approximate surface area is 197 Å². The van der Waals surface area contributed by atoms with E-state index in [1.54, 1.807) is 11.7 Å². The molecule has 3 fully saturated rings. The Morgan fingerprint density at radius 3 is 2.72 bits per heavy atom. The van der Waals surface area contributed by atoms with Crippen LogP contribution in [0.3, 0.4) is 0 Å². The number of benzene rings is 1. The number of thiazole rings is 1. The highest BCUT2D eigenvalue weighted by atomic mass is 32.2. The largest absolute Gasteiger partial charge is 0.496 e. The van der Waals surface area contributed by atoms with Crippen LogP contribution in [0.2, 0.25) is 0 Å². The van der Waals surface area contributed by atoms with Crippen molar-refractivity contribution in [1.82, 2.24) is 9.47 Å². The first kappa shape index (κ1) is 20.8. The molecule has 5 atom stereocenters. The summed E-state index contributed by atoms with van der Waals surface area (Å²) < 4.78 is 7.57. The molecule has 1 amide bonds. The zero-order valence-electron chi connectivity index (χ0n) is 18.5. The molecule has 6 rings (SSSR count). The average Bonchev–Trinajstić information content (AvgIpc) is 3.52. The number of likely N-dealkylation sites (tertiary alicyclic amines) is 1. The molecule has 170 valence electrons. The number of rotatable bonds is 4. The van der Waals surface area contributed by atoms with E-state index in [9.17, 15) is 9.59 Å². The quantitative estimate of drug-likeness (QED) is 0.656. The van der Waals surface area contributed by atoms with Crippen LogP contribution in [-0.4, -0.2) is 40.8 Å². The fraction of sp³-hybridized carbons (Fsp3) is 0.600. The van der Waals surface area contributed by atoms with Crippen LogP contribution in [0.4, 0.5) is 0 Å². The van der Waals surface area contributed by atoms with Gasteiger partial charge in [0.25, 0.3) is 0 Å². The van der Waals surface area contributed by atoms with E-state index >= 15 is 0 Å². The molecule has 32 heavy (non-hydrogen) atoms. The lowest BCUT2D eigenvalue weighted by atomic mass is 9.74. The zero-order chi connectivity index (χ0) is 21.8. The van der Waals surface area contributed by atoms with Gasteiger partial charge in [-0.3, -0.25) is 14.2 Å². The van der Waals surface area contributed by atoms with Crippen LogP contribution in [0, 0.1) is 17.8 Å². The summed E-state index contributed by atoms with van der Waals surface area (Å²) in [5.74, 6) is 3.19. The maximum Gasteiger partial charge on any atom is 0.308 e. The van der Waals surface area contributed by atoms with Gasteiger partial charge in [-0.05, 0) is 62.3 Å². The van der Waals surface area contributed by atoms with Gasteiger partial charge in [-0.2, -0.15) is 0 Å². The molecule has 3 heterocycles. The maximum absolute atomic E-state index is 13.2. The molecule has 2 saturated carbocycles. The van der Waals surface area contributed by atoms with E-state index in [0.717, 1.165) is 53.4 Å². The lowest BCUT2D eigenvalue weighted by molar-refractivity contribution is -0.132. The van der Waals surface area contributed by atoms with Crippen molar-refractivity contribution in [2.75, 3.05) is 20.2 Å². The zero-order valence-corrected chi connectivity index (χ0v) is 20.1. The Bertz CT molecular complexity index is 1090. The van der Waals surface area contributed by atoms with Crippen LogP contribution in [-0.2, 0) is 11.3 Å². The molecule has 2 aliphatic heterocycles. The van der Waals surface area contributed by atoms with Gasteiger partial charge >= 0.3 is 4.87 Å². The standard InChI is InChI=1S/C25H30N2O3S2/c1-30-18-8-4-3-7-17(18)21-20-15-9-10-16(13-15)22(20)31-24-23(21)32-25(29)27(24)14-19(28)26-11-5-2-6-12-26/h3-4,7-8,15-16,20-22H,2,5-6,9-14H2,1H3/t15?,16?,20?,21-,22?/m1/s1. The van der Waals surface area contributed by atoms with E-state index < -0.39 is 0 Å². The van der Waals surface area contributed by atoms with Crippen molar-refractivity contribution in [3.8, 4) is 5.75 Å². The van der Waals surface area contributed by atoms with E-state index in [1.807, 2.05) is 28.8 Å². The van der Waals surface area contributed by atoms with Gasteiger partial charge in [0.05, 0.1) is 12.1 Å². The molecule has 0 radical (unpaired) electrons. The molecule has 2 bridgehead atoms. The van der Waals surface area contributed by atoms with Crippen LogP contribution in [0.5, 0.6) is 5.75 Å². The number of carbonyl (C=O) groups is 1. The Balaban J connectivity index is 1.42. The Kier molecular flexibility index (Phi) is 5.37. The fourth-order valence-corrected chi connectivity index (χ4v) is 9.88. The number of hydrogen-bond acceptors (Lipinski definition) is 5. The Morgan fingerprint density at radius 2 is 1.91 bits per heavy atom. The van der Waals surface area contributed by atoms with E-state index in [0.29, 0.717) is 11.2 Å². The van der Waals surface area contributed by atoms with Gasteiger partial charge in [0.1, 0.15) is 12.3 Å². The second-order valence-corrected chi connectivity index (χ2v) is 11.9. The molecule has 4 aliphatic rings. The lowest BCUT2D eigenvalue weighted by Gasteiger charge is -2.41. The van der Waals surface area contributed by atoms with Gasteiger partial charge < -0.3 is 9.64 Å². The first-order chi connectivity index (χ1) is 15.7. The minimum Gasteiger partial charge on any atom is -0.496 e. The van der Waals surface area contributed by atoms with Crippen LogP contribution >= 0.6 is 23.1 Å². The summed E-state index contributed by atoms with van der Waals surface area (Å²) in [4.78, 5) is 29.4. The van der Waals surface area contributed by atoms with E-state index in [-0.39, 0.29) is 23.2 Å². The number of thioether (sulfide) groups is 1. The van der Waals surface area contributed by atoms with Gasteiger partial charge in [-0.1, -0.05) is 29.5 Å². The normalized spacial score (nSPS) is 30.8. The first-order valence-electron chi connectivity index (χ1n) is 12.0. The number of amides is 1. The fourth-order valence-electron chi connectivity index (χ4n) is 6.74. The van der Waals surface area contributed by atoms with Gasteiger partial charge in [-0.25, -0.2) is 0 Å². The van der Waals surface area contributed by atoms with Crippen LogP contribution in [0.1, 0.15) is 54.9 Å². The molecule has 1 saturated heterocycles. The van der Waals surface area contributed by atoms with Gasteiger partial charge in [0.15, 0.2) is 0 Å². The van der Waals surface area contributed by atoms with Crippen LogP contribution in [0.25, 0.3) is 0 Å². The summed E-state index contributed by atoms with van der Waals surface area (Å²) in [6, 6.07) is 8.32. The second-order valence-electron chi connectivity index (χ2n) is 9.78. The van der Waals surface area contributed by atoms with E-state index in [1.165, 1.54) is 42.6 Å². The number of hydrogen-bond donors (Lipinski definition) is 0. The van der Waals surface area contributed by atoms with Crippen molar-refractivity contribution < 1.29 is 9.53 Å². The van der Waals surface area contributed by atoms with E-state index in [4.69, 9.17) is 4.74 Å². The minimum atomic E-state index is 0.0140. The Morgan fingerprint density at radius 1 is 1.12 bits per heavy atom. The SMILES string of the molecule is COc1ccccc1[C@H]1c2sc(=O)n(CC(=O)N3CCCCC3)c2SC2C3CCC(C3)C21. The Hall–Kier alpha value is -1.73. The average molecular weight is 471 g/mol. The molecule has 4 unspecified atom stereocenters. The highest BCUT2D eigenvalue weighted by Gasteiger charge is 2.55. The number of aromatic nitrogens is 1.